The predicted molar refractivity (Wildman–Crippen MR) is 60.4 cm³/mol. The van der Waals surface area contributed by atoms with E-state index in [9.17, 15) is 0 Å². The lowest BCUT2D eigenvalue weighted by atomic mass is 10.1. The van der Waals surface area contributed by atoms with Gasteiger partial charge in [0.25, 0.3) is 0 Å². The van der Waals surface area contributed by atoms with E-state index in [0.29, 0.717) is 5.41 Å². The molecule has 13 heavy (non-hydrogen) atoms. The molecule has 72 valence electrons. The van der Waals surface area contributed by atoms with Crippen molar-refractivity contribution in [3.63, 3.8) is 0 Å². The first kappa shape index (κ1) is 9.56. The van der Waals surface area contributed by atoms with Crippen LogP contribution in [0.15, 0.2) is 21.7 Å². The largest absolute Gasteiger partial charge is 0.330 e. The number of thioether (sulfide) groups is 1. The molecule has 1 saturated carbocycles. The van der Waals surface area contributed by atoms with Crippen LogP contribution < -0.4 is 5.73 Å². The summed E-state index contributed by atoms with van der Waals surface area (Å²) < 4.78 is 1.45. The molecule has 2 rings (SSSR count). The van der Waals surface area contributed by atoms with E-state index in [-0.39, 0.29) is 0 Å². The molecule has 0 spiro atoms. The molecule has 0 saturated heterocycles. The van der Waals surface area contributed by atoms with Gasteiger partial charge in [-0.3, -0.25) is 0 Å². The zero-order chi connectivity index (χ0) is 9.15. The van der Waals surface area contributed by atoms with Gasteiger partial charge in [-0.2, -0.15) is 0 Å². The molecule has 0 aromatic carbocycles. The van der Waals surface area contributed by atoms with E-state index in [1.54, 1.807) is 0 Å². The molecule has 1 aliphatic rings. The summed E-state index contributed by atoms with van der Waals surface area (Å²) >= 11 is 3.84. The lowest BCUT2D eigenvalue weighted by Crippen LogP contribution is -2.11. The van der Waals surface area contributed by atoms with Gasteiger partial charge in [0.05, 0.1) is 4.21 Å². The van der Waals surface area contributed by atoms with Gasteiger partial charge in [0.1, 0.15) is 0 Å². The van der Waals surface area contributed by atoms with E-state index in [1.807, 2.05) is 23.1 Å². The second kappa shape index (κ2) is 4.03. The third-order valence-electron chi connectivity index (χ3n) is 2.65. The Hall–Kier alpha value is 0.01000. The first-order valence-corrected chi connectivity index (χ1v) is 6.58. The molecule has 0 amide bonds. The zero-order valence-electron chi connectivity index (χ0n) is 7.66. The predicted octanol–water partition coefficient (Wildman–Crippen LogP) is 2.97. The van der Waals surface area contributed by atoms with E-state index in [4.69, 9.17) is 5.73 Å². The van der Waals surface area contributed by atoms with E-state index < -0.39 is 0 Å². The first-order valence-electron chi connectivity index (χ1n) is 4.71. The Bertz CT molecular complexity index is 252. The van der Waals surface area contributed by atoms with Crippen molar-refractivity contribution < 1.29 is 0 Å². The van der Waals surface area contributed by atoms with Crippen molar-refractivity contribution >= 4 is 23.1 Å². The first-order chi connectivity index (χ1) is 6.35. The Labute approximate surface area is 87.7 Å². The van der Waals surface area contributed by atoms with Crippen LogP contribution in [-0.4, -0.2) is 12.3 Å². The standard InChI is InChI=1S/C10H15NS2/c11-6-5-10(3-4-10)8-13-9-2-1-7-12-9/h1-2,7H,3-6,8,11H2. The highest BCUT2D eigenvalue weighted by molar-refractivity contribution is 8.01. The summed E-state index contributed by atoms with van der Waals surface area (Å²) in [6.45, 7) is 0.852. The van der Waals surface area contributed by atoms with Gasteiger partial charge in [-0.25, -0.2) is 0 Å². The van der Waals surface area contributed by atoms with Gasteiger partial charge >= 0.3 is 0 Å². The van der Waals surface area contributed by atoms with Gasteiger partial charge in [0, 0.05) is 5.75 Å². The van der Waals surface area contributed by atoms with Crippen LogP contribution >= 0.6 is 23.1 Å². The van der Waals surface area contributed by atoms with Crippen LogP contribution in [0.25, 0.3) is 0 Å². The summed E-state index contributed by atoms with van der Waals surface area (Å²) in [6, 6.07) is 4.32. The summed E-state index contributed by atoms with van der Waals surface area (Å²) in [6.07, 6.45) is 4.00. The third kappa shape index (κ3) is 2.48. The van der Waals surface area contributed by atoms with Crippen molar-refractivity contribution in [2.45, 2.75) is 23.5 Å². The van der Waals surface area contributed by atoms with Crippen molar-refractivity contribution in [2.24, 2.45) is 11.1 Å². The molecule has 1 aromatic rings. The molecule has 0 aliphatic heterocycles. The second-order valence-corrected chi connectivity index (χ2v) is 5.98. The average molecular weight is 213 g/mol. The molecular formula is C10H15NS2. The Morgan fingerprint density at radius 1 is 1.54 bits per heavy atom. The molecule has 0 radical (unpaired) electrons. The maximum atomic E-state index is 5.60. The number of thiophene rings is 1. The molecule has 0 atom stereocenters. The maximum Gasteiger partial charge on any atom is 0.0598 e. The molecule has 1 heterocycles. The molecule has 2 N–H and O–H groups in total. The van der Waals surface area contributed by atoms with E-state index in [0.717, 1.165) is 6.54 Å². The minimum absolute atomic E-state index is 0.614. The van der Waals surface area contributed by atoms with Crippen LogP contribution in [0, 0.1) is 5.41 Å². The quantitative estimate of drug-likeness (QED) is 0.761. The molecular weight excluding hydrogens is 198 g/mol. The Morgan fingerprint density at radius 3 is 2.92 bits per heavy atom. The van der Waals surface area contributed by atoms with E-state index in [1.165, 1.54) is 29.2 Å². The van der Waals surface area contributed by atoms with Crippen LogP contribution in [0.2, 0.25) is 0 Å². The van der Waals surface area contributed by atoms with Crippen molar-refractivity contribution in [2.75, 3.05) is 12.3 Å². The molecule has 0 bridgehead atoms. The summed E-state index contributed by atoms with van der Waals surface area (Å²) in [5.74, 6) is 1.27. The molecule has 1 aliphatic carbocycles. The minimum Gasteiger partial charge on any atom is -0.330 e. The highest BCUT2D eigenvalue weighted by Crippen LogP contribution is 2.51. The Kier molecular flexibility index (Phi) is 2.96. The highest BCUT2D eigenvalue weighted by atomic mass is 32.2. The number of hydrogen-bond acceptors (Lipinski definition) is 3. The number of nitrogens with two attached hydrogens (primary N) is 1. The molecule has 1 aromatic heterocycles. The van der Waals surface area contributed by atoms with Crippen LogP contribution in [0.3, 0.4) is 0 Å². The van der Waals surface area contributed by atoms with Gasteiger partial charge in [-0.05, 0) is 42.7 Å². The number of rotatable bonds is 5. The van der Waals surface area contributed by atoms with Crippen LogP contribution in [0.4, 0.5) is 0 Å². The molecule has 3 heteroatoms. The second-order valence-electron chi connectivity index (χ2n) is 3.76. The van der Waals surface area contributed by atoms with Crippen LogP contribution in [0.5, 0.6) is 0 Å². The minimum atomic E-state index is 0.614. The summed E-state index contributed by atoms with van der Waals surface area (Å²) in [5, 5.41) is 2.14. The fourth-order valence-electron chi connectivity index (χ4n) is 1.52. The number of hydrogen-bond donors (Lipinski definition) is 1. The van der Waals surface area contributed by atoms with Crippen LogP contribution in [0.1, 0.15) is 19.3 Å². The van der Waals surface area contributed by atoms with Crippen molar-refractivity contribution in [1.82, 2.24) is 0 Å². The van der Waals surface area contributed by atoms with Crippen molar-refractivity contribution in [1.29, 1.82) is 0 Å². The maximum absolute atomic E-state index is 5.60. The van der Waals surface area contributed by atoms with E-state index in [2.05, 4.69) is 17.5 Å². The Morgan fingerprint density at radius 2 is 2.38 bits per heavy atom. The fraction of sp³-hybridized carbons (Fsp3) is 0.600. The molecule has 1 fully saturated rings. The van der Waals surface area contributed by atoms with Gasteiger partial charge in [-0.15, -0.1) is 23.1 Å². The lowest BCUT2D eigenvalue weighted by molar-refractivity contribution is 0.538. The average Bonchev–Trinajstić information content (AvgIpc) is 2.71. The SMILES string of the molecule is NCCC1(CSc2cccs2)CC1. The summed E-state index contributed by atoms with van der Waals surface area (Å²) in [7, 11) is 0. The van der Waals surface area contributed by atoms with E-state index >= 15 is 0 Å². The summed E-state index contributed by atoms with van der Waals surface area (Å²) in [4.78, 5) is 0. The highest BCUT2D eigenvalue weighted by Gasteiger charge is 2.41. The summed E-state index contributed by atoms with van der Waals surface area (Å²) in [5.41, 5.74) is 6.21. The van der Waals surface area contributed by atoms with Gasteiger partial charge in [-0.1, -0.05) is 6.07 Å². The molecule has 0 unspecified atom stereocenters. The fourth-order valence-corrected chi connectivity index (χ4v) is 3.64. The van der Waals surface area contributed by atoms with Gasteiger partial charge in [0.2, 0.25) is 0 Å². The monoisotopic (exact) mass is 213 g/mol. The molecule has 1 nitrogen and oxygen atoms in total. The Balaban J connectivity index is 1.79. The third-order valence-corrected chi connectivity index (χ3v) is 5.13. The van der Waals surface area contributed by atoms with Gasteiger partial charge in [0.15, 0.2) is 0 Å². The smallest absolute Gasteiger partial charge is 0.0598 e. The zero-order valence-corrected chi connectivity index (χ0v) is 9.29. The normalized spacial score (nSPS) is 18.8. The van der Waals surface area contributed by atoms with Crippen molar-refractivity contribution in [3.8, 4) is 0 Å². The van der Waals surface area contributed by atoms with Crippen LogP contribution in [-0.2, 0) is 0 Å². The lowest BCUT2D eigenvalue weighted by Gasteiger charge is -2.11. The van der Waals surface area contributed by atoms with Gasteiger partial charge < -0.3 is 5.73 Å². The topological polar surface area (TPSA) is 26.0 Å². The van der Waals surface area contributed by atoms with Crippen molar-refractivity contribution in [3.05, 3.63) is 17.5 Å².